The molecule has 12 heteroatoms. The Balaban J connectivity index is 2.89. The van der Waals surface area contributed by atoms with Gasteiger partial charge in [0.25, 0.3) is 5.50 Å². The van der Waals surface area contributed by atoms with Crippen molar-refractivity contribution in [2.24, 2.45) is 0 Å². The number of nitrogens with zero attached hydrogens (tertiary/aromatic N) is 2. The van der Waals surface area contributed by atoms with Crippen molar-refractivity contribution >= 4 is 21.8 Å². The monoisotopic (exact) mass is 360 g/mol. The molecule has 1 fully saturated rings. The summed E-state index contributed by atoms with van der Waals surface area (Å²) < 4.78 is 80.7. The van der Waals surface area contributed by atoms with Gasteiger partial charge in [0.05, 0.1) is 0 Å². The summed E-state index contributed by atoms with van der Waals surface area (Å²) in [7, 11) is 1.57. The highest BCUT2D eigenvalue weighted by Gasteiger charge is 2.70. The maximum Gasteiger partial charge on any atom is 0.428 e. The first-order valence-electron chi connectivity index (χ1n) is 7.39. The molecule has 0 bridgehead atoms. The molecule has 24 heavy (non-hydrogen) atoms. The summed E-state index contributed by atoms with van der Waals surface area (Å²) in [6.45, 7) is 6.11. The molecule has 1 unspecified atom stereocenters. The number of halogens is 6. The van der Waals surface area contributed by atoms with E-state index in [1.165, 1.54) is 0 Å². The Bertz CT molecular complexity index is 464. The lowest BCUT2D eigenvalue weighted by Gasteiger charge is -2.47. The van der Waals surface area contributed by atoms with Gasteiger partial charge in [0.2, 0.25) is 0 Å². The molecule has 1 rings (SSSR count). The van der Waals surface area contributed by atoms with Gasteiger partial charge in [-0.1, -0.05) is 0 Å². The molecular formula is C12H20B2F6N2O2. The molecule has 1 atom stereocenters. The van der Waals surface area contributed by atoms with Crippen molar-refractivity contribution in [2.45, 2.75) is 50.1 Å². The molecule has 0 saturated carbocycles. The van der Waals surface area contributed by atoms with Crippen LogP contribution in [0.1, 0.15) is 20.8 Å². The first kappa shape index (κ1) is 21.0. The Morgan fingerprint density at radius 3 is 1.83 bits per heavy atom. The summed E-state index contributed by atoms with van der Waals surface area (Å²) in [5, 5.41) is 0. The normalized spacial score (nSPS) is 21.7. The predicted octanol–water partition coefficient (Wildman–Crippen LogP) is 0.952. The van der Waals surface area contributed by atoms with Crippen molar-refractivity contribution in [1.82, 2.24) is 9.80 Å². The van der Waals surface area contributed by atoms with Crippen molar-refractivity contribution in [3.8, 4) is 0 Å². The smallest absolute Gasteiger partial charge is 0.428 e. The summed E-state index contributed by atoms with van der Waals surface area (Å²) in [5.41, 5.74) is -4.77. The van der Waals surface area contributed by atoms with E-state index in [-0.39, 0.29) is 32.4 Å². The van der Waals surface area contributed by atoms with Crippen LogP contribution in [0.4, 0.5) is 31.1 Å². The zero-order chi connectivity index (χ0) is 19.1. The highest BCUT2D eigenvalue weighted by Crippen LogP contribution is 2.43. The van der Waals surface area contributed by atoms with E-state index in [0.29, 0.717) is 6.54 Å². The molecule has 1 amide bonds. The molecule has 4 nitrogen and oxygen atoms in total. The van der Waals surface area contributed by atoms with Crippen LogP contribution in [0.2, 0.25) is 0 Å². The second-order valence-electron chi connectivity index (χ2n) is 7.06. The predicted molar refractivity (Wildman–Crippen MR) is 80.2 cm³/mol. The Morgan fingerprint density at radius 1 is 1.04 bits per heavy atom. The molecule has 0 spiro atoms. The van der Waals surface area contributed by atoms with Gasteiger partial charge >= 0.3 is 18.4 Å². The lowest BCUT2D eigenvalue weighted by atomic mass is 9.79. The SMILES string of the molecule is BC1CN(C(=O)OC(B)(C(F)(F)F)C(F)(F)F)CCN1C(C)(C)C. The molecule has 0 N–H and O–H groups in total. The van der Waals surface area contributed by atoms with E-state index in [1.54, 1.807) is 7.85 Å². The Labute approximate surface area is 138 Å². The maximum absolute atomic E-state index is 12.8. The third-order valence-electron chi connectivity index (χ3n) is 4.12. The molecule has 1 aliphatic rings. The molecule has 138 valence electrons. The molecule has 1 heterocycles. The van der Waals surface area contributed by atoms with Crippen LogP contribution in [0.5, 0.6) is 0 Å². The average Bonchev–Trinajstić information content (AvgIpc) is 2.34. The van der Waals surface area contributed by atoms with E-state index in [2.05, 4.69) is 4.74 Å². The summed E-state index contributed by atoms with van der Waals surface area (Å²) in [6.07, 6.45) is -13.1. The minimum Gasteiger partial charge on any atom is -0.433 e. The van der Waals surface area contributed by atoms with E-state index in [9.17, 15) is 31.1 Å². The number of carbonyl (C=O) groups excluding carboxylic acids is 1. The second kappa shape index (κ2) is 6.34. The van der Waals surface area contributed by atoms with E-state index in [4.69, 9.17) is 0 Å². The molecule has 1 aliphatic heterocycles. The van der Waals surface area contributed by atoms with Crippen molar-refractivity contribution in [2.75, 3.05) is 19.6 Å². The van der Waals surface area contributed by atoms with Crippen LogP contribution in [0, 0.1) is 0 Å². The van der Waals surface area contributed by atoms with Crippen LogP contribution < -0.4 is 0 Å². The molecule has 0 aromatic heterocycles. The van der Waals surface area contributed by atoms with Gasteiger partial charge in [-0.15, -0.1) is 0 Å². The lowest BCUT2D eigenvalue weighted by Crippen LogP contribution is -2.64. The van der Waals surface area contributed by atoms with Crippen molar-refractivity contribution in [3.05, 3.63) is 0 Å². The van der Waals surface area contributed by atoms with Gasteiger partial charge in [-0.2, -0.15) is 26.3 Å². The molecule has 0 aromatic carbocycles. The quantitative estimate of drug-likeness (QED) is 0.516. The van der Waals surface area contributed by atoms with Gasteiger partial charge in [0.1, 0.15) is 7.85 Å². The molecule has 1 saturated heterocycles. The fourth-order valence-electron chi connectivity index (χ4n) is 2.64. The van der Waals surface area contributed by atoms with Crippen LogP contribution in [0.15, 0.2) is 0 Å². The number of amides is 1. The minimum absolute atomic E-state index is 0.00770. The van der Waals surface area contributed by atoms with Crippen molar-refractivity contribution in [1.29, 1.82) is 0 Å². The summed E-state index contributed by atoms with van der Waals surface area (Å²) in [5.74, 6) is -0.227. The summed E-state index contributed by atoms with van der Waals surface area (Å²) >= 11 is 0. The Kier molecular flexibility index (Phi) is 5.55. The topological polar surface area (TPSA) is 32.8 Å². The van der Waals surface area contributed by atoms with Gasteiger partial charge in [0, 0.05) is 25.2 Å². The number of piperazine rings is 1. The minimum atomic E-state index is -5.76. The molecule has 0 aliphatic carbocycles. The standard InChI is InChI=1S/C12H20B2F6N2O2/c1-9(2,3)22-5-4-21(6-7(22)13)8(23)24-10(14,11(15,16)17)12(18,19)20/h7H,4-6,13-14H2,1-3H3. The Morgan fingerprint density at radius 2 is 1.50 bits per heavy atom. The second-order valence-corrected chi connectivity index (χ2v) is 7.06. The largest absolute Gasteiger partial charge is 0.433 e. The van der Waals surface area contributed by atoms with Gasteiger partial charge in [-0.05, 0) is 26.7 Å². The maximum atomic E-state index is 12.8. The first-order chi connectivity index (χ1) is 10.5. The number of hydrogen-bond acceptors (Lipinski definition) is 3. The van der Waals surface area contributed by atoms with Crippen LogP contribution in [-0.4, -0.2) is 80.6 Å². The molecule has 0 aromatic rings. The van der Waals surface area contributed by atoms with E-state index < -0.39 is 23.9 Å². The highest BCUT2D eigenvalue weighted by molar-refractivity contribution is 6.16. The van der Waals surface area contributed by atoms with Crippen LogP contribution in [-0.2, 0) is 4.74 Å². The Hall–Kier alpha value is -1.06. The number of ether oxygens (including phenoxy) is 1. The zero-order valence-corrected chi connectivity index (χ0v) is 14.2. The number of carbonyl (C=O) groups is 1. The fourth-order valence-corrected chi connectivity index (χ4v) is 2.64. The van der Waals surface area contributed by atoms with Crippen molar-refractivity contribution < 1.29 is 35.9 Å². The molecular weight excluding hydrogens is 340 g/mol. The van der Waals surface area contributed by atoms with E-state index >= 15 is 0 Å². The third-order valence-corrected chi connectivity index (χ3v) is 4.12. The average molecular weight is 360 g/mol. The van der Waals surface area contributed by atoms with Gasteiger partial charge < -0.3 is 14.5 Å². The number of alkyl halides is 6. The van der Waals surface area contributed by atoms with Gasteiger partial charge in [-0.3, -0.25) is 0 Å². The number of rotatable bonds is 1. The van der Waals surface area contributed by atoms with Gasteiger partial charge in [0.15, 0.2) is 7.85 Å². The van der Waals surface area contributed by atoms with Crippen LogP contribution in [0.3, 0.4) is 0 Å². The van der Waals surface area contributed by atoms with E-state index in [0.717, 1.165) is 4.90 Å². The highest BCUT2D eigenvalue weighted by atomic mass is 19.4. The molecule has 0 radical (unpaired) electrons. The van der Waals surface area contributed by atoms with E-state index in [1.807, 2.05) is 25.7 Å². The van der Waals surface area contributed by atoms with Gasteiger partial charge in [-0.25, -0.2) is 4.79 Å². The fraction of sp³-hybridized carbons (Fsp3) is 0.917. The zero-order valence-electron chi connectivity index (χ0n) is 14.2. The van der Waals surface area contributed by atoms with Crippen LogP contribution >= 0.6 is 0 Å². The third kappa shape index (κ3) is 4.12. The van der Waals surface area contributed by atoms with Crippen molar-refractivity contribution in [3.63, 3.8) is 0 Å². The summed E-state index contributed by atoms with van der Waals surface area (Å²) in [6, 6.07) is 0. The first-order valence-corrected chi connectivity index (χ1v) is 7.39. The number of hydrogen-bond donors (Lipinski definition) is 0. The summed E-state index contributed by atoms with van der Waals surface area (Å²) in [4.78, 5) is 14.8. The van der Waals surface area contributed by atoms with Crippen LogP contribution in [0.25, 0.3) is 0 Å². The lowest BCUT2D eigenvalue weighted by molar-refractivity contribution is -0.331.